The number of pyridine rings is 1. The molecular formula is C14H21N3. The normalized spacial score (nSPS) is 32.7. The molecule has 2 aliphatic heterocycles. The summed E-state index contributed by atoms with van der Waals surface area (Å²) in [7, 11) is 2.29. The molecule has 1 N–H and O–H groups in total. The Morgan fingerprint density at radius 2 is 2.00 bits per heavy atom. The molecule has 2 fully saturated rings. The van der Waals surface area contributed by atoms with Crippen molar-refractivity contribution in [3.63, 3.8) is 0 Å². The highest BCUT2D eigenvalue weighted by molar-refractivity contribution is 5.47. The lowest BCUT2D eigenvalue weighted by Gasteiger charge is -2.37. The molecule has 1 aromatic rings. The molecule has 3 heterocycles. The second kappa shape index (κ2) is 4.30. The summed E-state index contributed by atoms with van der Waals surface area (Å²) in [6, 6.07) is 6.37. The van der Waals surface area contributed by atoms with E-state index < -0.39 is 0 Å². The maximum Gasteiger partial charge on any atom is 0.0603 e. The van der Waals surface area contributed by atoms with Gasteiger partial charge in [0.25, 0.3) is 0 Å². The summed E-state index contributed by atoms with van der Waals surface area (Å²) in [6.45, 7) is 2.08. The van der Waals surface area contributed by atoms with Gasteiger partial charge in [-0.3, -0.25) is 4.98 Å². The van der Waals surface area contributed by atoms with E-state index in [0.717, 1.165) is 17.8 Å². The van der Waals surface area contributed by atoms with Crippen molar-refractivity contribution >= 4 is 5.69 Å². The zero-order chi connectivity index (χ0) is 11.8. The molecule has 2 aliphatic rings. The van der Waals surface area contributed by atoms with Crippen LogP contribution in [0.1, 0.15) is 31.4 Å². The number of piperidine rings is 1. The van der Waals surface area contributed by atoms with Crippen molar-refractivity contribution in [1.82, 2.24) is 9.88 Å². The minimum atomic E-state index is 0.631. The van der Waals surface area contributed by atoms with Gasteiger partial charge in [0, 0.05) is 24.3 Å². The molecule has 0 saturated carbocycles. The average molecular weight is 231 g/mol. The van der Waals surface area contributed by atoms with E-state index in [4.69, 9.17) is 0 Å². The zero-order valence-electron chi connectivity index (χ0n) is 10.7. The predicted octanol–water partition coefficient (Wildman–Crippen LogP) is 2.43. The van der Waals surface area contributed by atoms with Gasteiger partial charge in [-0.15, -0.1) is 0 Å². The third-order valence-electron chi connectivity index (χ3n) is 4.46. The minimum absolute atomic E-state index is 0.631. The first-order valence-corrected chi connectivity index (χ1v) is 6.64. The summed E-state index contributed by atoms with van der Waals surface area (Å²) in [5.74, 6) is 0. The molecule has 2 bridgehead atoms. The van der Waals surface area contributed by atoms with Crippen molar-refractivity contribution in [3.8, 4) is 0 Å². The van der Waals surface area contributed by atoms with E-state index in [1.165, 1.54) is 31.4 Å². The van der Waals surface area contributed by atoms with E-state index in [0.29, 0.717) is 6.04 Å². The number of nitrogens with zero attached hydrogens (tertiary/aromatic N) is 2. The third-order valence-corrected chi connectivity index (χ3v) is 4.46. The summed E-state index contributed by atoms with van der Waals surface area (Å²) in [6.07, 6.45) is 7.18. The van der Waals surface area contributed by atoms with E-state index in [1.54, 1.807) is 0 Å². The lowest BCUT2D eigenvalue weighted by Crippen LogP contribution is -2.44. The van der Waals surface area contributed by atoms with Gasteiger partial charge < -0.3 is 10.2 Å². The maximum absolute atomic E-state index is 4.34. The maximum atomic E-state index is 4.34. The largest absolute Gasteiger partial charge is 0.381 e. The molecule has 3 heteroatoms. The van der Waals surface area contributed by atoms with Crippen molar-refractivity contribution in [2.45, 2.75) is 50.7 Å². The fourth-order valence-corrected chi connectivity index (χ4v) is 3.39. The van der Waals surface area contributed by atoms with Crippen LogP contribution in [0.4, 0.5) is 5.69 Å². The standard InChI is InChI=1S/C14H21N3/c1-10-14(4-3-7-15-10)16-11-8-12-5-6-13(9-11)17(12)2/h3-4,7,11-13,16H,5-6,8-9H2,1-2H3. The van der Waals surface area contributed by atoms with Crippen LogP contribution in [0.2, 0.25) is 0 Å². The summed E-state index contributed by atoms with van der Waals surface area (Å²) in [4.78, 5) is 6.92. The van der Waals surface area contributed by atoms with Crippen LogP contribution in [-0.4, -0.2) is 35.1 Å². The molecule has 2 atom stereocenters. The highest BCUT2D eigenvalue weighted by Gasteiger charge is 2.38. The van der Waals surface area contributed by atoms with Crippen LogP contribution in [0, 0.1) is 6.92 Å². The topological polar surface area (TPSA) is 28.2 Å². The minimum Gasteiger partial charge on any atom is -0.381 e. The number of fused-ring (bicyclic) bond motifs is 2. The monoisotopic (exact) mass is 231 g/mol. The van der Waals surface area contributed by atoms with Gasteiger partial charge in [0.05, 0.1) is 11.4 Å². The zero-order valence-corrected chi connectivity index (χ0v) is 10.7. The van der Waals surface area contributed by atoms with Crippen LogP contribution in [0.15, 0.2) is 18.3 Å². The fraction of sp³-hybridized carbons (Fsp3) is 0.643. The third kappa shape index (κ3) is 2.04. The Bertz CT molecular complexity index is 390. The summed E-state index contributed by atoms with van der Waals surface area (Å²) < 4.78 is 0. The van der Waals surface area contributed by atoms with Crippen molar-refractivity contribution in [1.29, 1.82) is 0 Å². The summed E-state index contributed by atoms with van der Waals surface area (Å²) in [5.41, 5.74) is 2.32. The Balaban J connectivity index is 1.70. The first-order valence-electron chi connectivity index (χ1n) is 6.64. The second-order valence-corrected chi connectivity index (χ2v) is 5.50. The van der Waals surface area contributed by atoms with Crippen LogP contribution in [0.3, 0.4) is 0 Å². The molecule has 0 aliphatic carbocycles. The Morgan fingerprint density at radius 1 is 1.29 bits per heavy atom. The number of anilines is 1. The van der Waals surface area contributed by atoms with Gasteiger partial charge in [0.15, 0.2) is 0 Å². The van der Waals surface area contributed by atoms with Crippen molar-refractivity contribution in [2.75, 3.05) is 12.4 Å². The molecular weight excluding hydrogens is 210 g/mol. The van der Waals surface area contributed by atoms with E-state index in [9.17, 15) is 0 Å². The first kappa shape index (κ1) is 11.0. The number of aromatic nitrogens is 1. The van der Waals surface area contributed by atoms with Crippen LogP contribution < -0.4 is 5.32 Å². The SMILES string of the molecule is Cc1ncccc1NC1CC2CCC(C1)N2C. The Morgan fingerprint density at radius 3 is 2.65 bits per heavy atom. The Labute approximate surface area is 103 Å². The van der Waals surface area contributed by atoms with Gasteiger partial charge in [0.1, 0.15) is 0 Å². The molecule has 2 unspecified atom stereocenters. The second-order valence-electron chi connectivity index (χ2n) is 5.50. The number of aryl methyl sites for hydroxylation is 1. The highest BCUT2D eigenvalue weighted by Crippen LogP contribution is 2.35. The van der Waals surface area contributed by atoms with Gasteiger partial charge in [-0.25, -0.2) is 0 Å². The van der Waals surface area contributed by atoms with E-state index in [-0.39, 0.29) is 0 Å². The molecule has 17 heavy (non-hydrogen) atoms. The lowest BCUT2D eigenvalue weighted by atomic mass is 9.97. The molecule has 92 valence electrons. The van der Waals surface area contributed by atoms with Gasteiger partial charge in [-0.05, 0) is 51.8 Å². The van der Waals surface area contributed by atoms with Crippen molar-refractivity contribution in [2.24, 2.45) is 0 Å². The molecule has 0 amide bonds. The molecule has 3 rings (SSSR count). The van der Waals surface area contributed by atoms with E-state index in [2.05, 4.69) is 35.2 Å². The summed E-state index contributed by atoms with van der Waals surface area (Å²) in [5, 5.41) is 3.68. The molecule has 1 aromatic heterocycles. The van der Waals surface area contributed by atoms with Crippen molar-refractivity contribution in [3.05, 3.63) is 24.0 Å². The first-order chi connectivity index (χ1) is 8.24. The molecule has 2 saturated heterocycles. The van der Waals surface area contributed by atoms with E-state index in [1.807, 2.05) is 12.3 Å². The molecule has 0 spiro atoms. The van der Waals surface area contributed by atoms with E-state index >= 15 is 0 Å². The average Bonchev–Trinajstić information content (AvgIpc) is 2.55. The van der Waals surface area contributed by atoms with Gasteiger partial charge in [-0.1, -0.05) is 0 Å². The molecule has 0 radical (unpaired) electrons. The predicted molar refractivity (Wildman–Crippen MR) is 70.2 cm³/mol. The number of nitrogens with one attached hydrogen (secondary N) is 1. The van der Waals surface area contributed by atoms with Gasteiger partial charge in [0.2, 0.25) is 0 Å². The number of hydrogen-bond donors (Lipinski definition) is 1. The Hall–Kier alpha value is -1.09. The van der Waals surface area contributed by atoms with Crippen molar-refractivity contribution < 1.29 is 0 Å². The highest BCUT2D eigenvalue weighted by atomic mass is 15.2. The van der Waals surface area contributed by atoms with Crippen LogP contribution >= 0.6 is 0 Å². The molecule has 3 nitrogen and oxygen atoms in total. The van der Waals surface area contributed by atoms with Gasteiger partial charge in [-0.2, -0.15) is 0 Å². The molecule has 0 aromatic carbocycles. The Kier molecular flexibility index (Phi) is 2.79. The lowest BCUT2D eigenvalue weighted by molar-refractivity contribution is 0.169. The smallest absolute Gasteiger partial charge is 0.0603 e. The fourth-order valence-electron chi connectivity index (χ4n) is 3.39. The van der Waals surface area contributed by atoms with Gasteiger partial charge >= 0.3 is 0 Å². The number of rotatable bonds is 2. The quantitative estimate of drug-likeness (QED) is 0.847. The van der Waals surface area contributed by atoms with Crippen LogP contribution in [-0.2, 0) is 0 Å². The van der Waals surface area contributed by atoms with Crippen LogP contribution in [0.5, 0.6) is 0 Å². The summed E-state index contributed by atoms with van der Waals surface area (Å²) >= 11 is 0. The number of hydrogen-bond acceptors (Lipinski definition) is 3. The van der Waals surface area contributed by atoms with Crippen LogP contribution in [0.25, 0.3) is 0 Å².